The summed E-state index contributed by atoms with van der Waals surface area (Å²) >= 11 is 0. The van der Waals surface area contributed by atoms with Crippen LogP contribution in [0, 0.1) is 29.6 Å². The zero-order valence-electron chi connectivity index (χ0n) is 8.24. The van der Waals surface area contributed by atoms with E-state index in [1.807, 2.05) is 6.92 Å². The van der Waals surface area contributed by atoms with Crippen molar-refractivity contribution in [3.63, 3.8) is 0 Å². The normalized spacial score (nSPS) is 53.2. The molecular weight excluding hydrogens is 160 g/mol. The van der Waals surface area contributed by atoms with Crippen molar-refractivity contribution in [2.45, 2.75) is 32.3 Å². The fourth-order valence-electron chi connectivity index (χ4n) is 4.14. The summed E-state index contributed by atoms with van der Waals surface area (Å²) in [6, 6.07) is 0. The van der Waals surface area contributed by atoms with E-state index >= 15 is 0 Å². The van der Waals surface area contributed by atoms with Gasteiger partial charge < -0.3 is 5.11 Å². The highest BCUT2D eigenvalue weighted by molar-refractivity contribution is 5.19. The maximum Gasteiger partial charge on any atom is 0.0778 e. The van der Waals surface area contributed by atoms with Gasteiger partial charge in [-0.05, 0) is 55.8 Å². The van der Waals surface area contributed by atoms with Crippen molar-refractivity contribution >= 4 is 0 Å². The van der Waals surface area contributed by atoms with E-state index in [-0.39, 0.29) is 6.10 Å². The molecule has 5 atom stereocenters. The fourth-order valence-corrected chi connectivity index (χ4v) is 4.14. The molecule has 3 aliphatic rings. The van der Waals surface area contributed by atoms with Crippen molar-refractivity contribution < 1.29 is 5.11 Å². The van der Waals surface area contributed by atoms with Crippen LogP contribution in [-0.4, -0.2) is 11.2 Å². The molecule has 0 amide bonds. The number of aliphatic hydroxyl groups excluding tert-OH is 1. The molecule has 0 aromatic carbocycles. The lowest BCUT2D eigenvalue weighted by atomic mass is 9.96. The Morgan fingerprint density at radius 2 is 1.85 bits per heavy atom. The lowest BCUT2D eigenvalue weighted by molar-refractivity contribution is 0.162. The van der Waals surface area contributed by atoms with Crippen molar-refractivity contribution in [3.05, 3.63) is 12.2 Å². The number of rotatable bonds is 2. The lowest BCUT2D eigenvalue weighted by Gasteiger charge is -2.14. The molecule has 3 rings (SSSR count). The van der Waals surface area contributed by atoms with E-state index in [0.29, 0.717) is 5.92 Å². The second kappa shape index (κ2) is 2.38. The first-order valence-electron chi connectivity index (χ1n) is 5.53. The zero-order valence-corrected chi connectivity index (χ0v) is 8.24. The fraction of sp³-hybridized carbons (Fsp3) is 0.833. The molecule has 1 heteroatoms. The van der Waals surface area contributed by atoms with Gasteiger partial charge in [-0.1, -0.05) is 12.2 Å². The molecule has 13 heavy (non-hydrogen) atoms. The Bertz CT molecular complexity index is 242. The number of hydrogen-bond acceptors (Lipinski definition) is 1. The van der Waals surface area contributed by atoms with Crippen LogP contribution in [0.4, 0.5) is 0 Å². The third kappa shape index (κ3) is 0.914. The SMILES string of the molecule is C=C(C)C(O)C1C2C3CCC(C3)C21. The van der Waals surface area contributed by atoms with E-state index in [2.05, 4.69) is 6.58 Å². The highest BCUT2D eigenvalue weighted by Crippen LogP contribution is 2.70. The van der Waals surface area contributed by atoms with E-state index in [9.17, 15) is 5.11 Å². The molecule has 72 valence electrons. The van der Waals surface area contributed by atoms with Crippen molar-refractivity contribution in [1.29, 1.82) is 0 Å². The molecule has 3 saturated carbocycles. The first-order chi connectivity index (χ1) is 6.20. The lowest BCUT2D eigenvalue weighted by Crippen LogP contribution is -2.16. The van der Waals surface area contributed by atoms with Gasteiger partial charge in [0.1, 0.15) is 0 Å². The van der Waals surface area contributed by atoms with E-state index in [4.69, 9.17) is 0 Å². The van der Waals surface area contributed by atoms with Gasteiger partial charge in [-0.15, -0.1) is 0 Å². The summed E-state index contributed by atoms with van der Waals surface area (Å²) in [5.74, 6) is 4.29. The van der Waals surface area contributed by atoms with Crippen LogP contribution in [0.3, 0.4) is 0 Å². The van der Waals surface area contributed by atoms with Crippen LogP contribution in [0.25, 0.3) is 0 Å². The largest absolute Gasteiger partial charge is 0.388 e. The monoisotopic (exact) mass is 178 g/mol. The molecule has 0 heterocycles. The van der Waals surface area contributed by atoms with E-state index in [1.165, 1.54) is 19.3 Å². The minimum atomic E-state index is -0.196. The second-order valence-corrected chi connectivity index (χ2v) is 5.36. The van der Waals surface area contributed by atoms with Gasteiger partial charge in [0.25, 0.3) is 0 Å². The second-order valence-electron chi connectivity index (χ2n) is 5.36. The summed E-state index contributed by atoms with van der Waals surface area (Å²) in [4.78, 5) is 0. The van der Waals surface area contributed by atoms with Crippen LogP contribution < -0.4 is 0 Å². The number of hydrogen-bond donors (Lipinski definition) is 1. The van der Waals surface area contributed by atoms with Crippen molar-refractivity contribution in [2.75, 3.05) is 0 Å². The molecule has 0 aromatic rings. The zero-order chi connectivity index (χ0) is 9.16. The Balaban J connectivity index is 1.76. The first-order valence-corrected chi connectivity index (χ1v) is 5.53. The average molecular weight is 178 g/mol. The molecule has 0 aromatic heterocycles. The third-order valence-electron chi connectivity index (χ3n) is 4.66. The topological polar surface area (TPSA) is 20.2 Å². The van der Waals surface area contributed by atoms with Crippen LogP contribution in [0.2, 0.25) is 0 Å². The van der Waals surface area contributed by atoms with E-state index in [0.717, 1.165) is 29.2 Å². The quantitative estimate of drug-likeness (QED) is 0.643. The molecule has 0 radical (unpaired) electrons. The van der Waals surface area contributed by atoms with Crippen molar-refractivity contribution in [2.24, 2.45) is 29.6 Å². The van der Waals surface area contributed by atoms with Crippen LogP contribution in [0.15, 0.2) is 12.2 Å². The molecule has 0 spiro atoms. The highest BCUT2D eigenvalue weighted by Gasteiger charge is 2.66. The Morgan fingerprint density at radius 3 is 2.31 bits per heavy atom. The van der Waals surface area contributed by atoms with Gasteiger partial charge in [0, 0.05) is 0 Å². The Labute approximate surface area is 79.8 Å². The minimum Gasteiger partial charge on any atom is -0.388 e. The van der Waals surface area contributed by atoms with Gasteiger partial charge in [0.15, 0.2) is 0 Å². The molecule has 0 aliphatic heterocycles. The maximum absolute atomic E-state index is 9.94. The van der Waals surface area contributed by atoms with Crippen LogP contribution in [0.1, 0.15) is 26.2 Å². The first kappa shape index (κ1) is 8.05. The van der Waals surface area contributed by atoms with Crippen LogP contribution in [0.5, 0.6) is 0 Å². The predicted octanol–water partition coefficient (Wildman–Crippen LogP) is 2.22. The van der Waals surface area contributed by atoms with Gasteiger partial charge in [0.2, 0.25) is 0 Å². The number of aliphatic hydroxyl groups is 1. The van der Waals surface area contributed by atoms with E-state index < -0.39 is 0 Å². The molecule has 3 fully saturated rings. The summed E-state index contributed by atoms with van der Waals surface area (Å²) in [6.07, 6.45) is 4.14. The minimum absolute atomic E-state index is 0.196. The molecule has 3 aliphatic carbocycles. The van der Waals surface area contributed by atoms with Gasteiger partial charge in [-0.25, -0.2) is 0 Å². The molecular formula is C12H18O. The predicted molar refractivity (Wildman–Crippen MR) is 52.1 cm³/mol. The highest BCUT2D eigenvalue weighted by atomic mass is 16.3. The van der Waals surface area contributed by atoms with E-state index in [1.54, 1.807) is 0 Å². The van der Waals surface area contributed by atoms with Crippen molar-refractivity contribution in [3.8, 4) is 0 Å². The summed E-state index contributed by atoms with van der Waals surface area (Å²) in [7, 11) is 0. The van der Waals surface area contributed by atoms with Crippen LogP contribution >= 0.6 is 0 Å². The van der Waals surface area contributed by atoms with Gasteiger partial charge in [-0.2, -0.15) is 0 Å². The molecule has 2 bridgehead atoms. The molecule has 1 N–H and O–H groups in total. The smallest absolute Gasteiger partial charge is 0.0778 e. The van der Waals surface area contributed by atoms with Crippen LogP contribution in [-0.2, 0) is 0 Å². The molecule has 5 unspecified atom stereocenters. The standard InChI is InChI=1S/C12H18O/c1-6(2)12(13)11-9-7-3-4-8(5-7)10(9)11/h7-13H,1,3-5H2,2H3. The molecule has 0 saturated heterocycles. The third-order valence-corrected chi connectivity index (χ3v) is 4.66. The average Bonchev–Trinajstić information content (AvgIpc) is 2.52. The summed E-state index contributed by atoms with van der Waals surface area (Å²) in [6.45, 7) is 5.82. The summed E-state index contributed by atoms with van der Waals surface area (Å²) < 4.78 is 0. The maximum atomic E-state index is 9.94. The number of fused-ring (bicyclic) bond motifs is 5. The summed E-state index contributed by atoms with van der Waals surface area (Å²) in [5, 5.41) is 9.94. The Morgan fingerprint density at radius 1 is 1.31 bits per heavy atom. The Kier molecular flexibility index (Phi) is 1.48. The van der Waals surface area contributed by atoms with Crippen molar-refractivity contribution in [1.82, 2.24) is 0 Å². The van der Waals surface area contributed by atoms with Gasteiger partial charge >= 0.3 is 0 Å². The van der Waals surface area contributed by atoms with Gasteiger partial charge in [-0.3, -0.25) is 0 Å². The van der Waals surface area contributed by atoms with Gasteiger partial charge in [0.05, 0.1) is 6.10 Å². The molecule has 1 nitrogen and oxygen atoms in total. The Hall–Kier alpha value is -0.300. The summed E-state index contributed by atoms with van der Waals surface area (Å²) in [5.41, 5.74) is 0.971.